The predicted molar refractivity (Wildman–Crippen MR) is 56.7 cm³/mol. The zero-order valence-corrected chi connectivity index (χ0v) is 9.34. The molecule has 0 atom stereocenters. The number of carboxylic acids is 1. The standard InChI is InChI=1S/C10H13N3O4/c1-17-5-9(14)13-3-6(4-13)7-2-8(10(15)16)12-11-7/h2,6H,3-5H2,1H3,(H,11,12)(H,15,16). The number of likely N-dealkylation sites (tertiary alicyclic amines) is 1. The molecule has 1 aliphatic heterocycles. The van der Waals surface area contributed by atoms with E-state index in [0.29, 0.717) is 13.1 Å². The van der Waals surface area contributed by atoms with Gasteiger partial charge in [0.05, 0.1) is 0 Å². The van der Waals surface area contributed by atoms with E-state index in [1.807, 2.05) is 0 Å². The first-order chi connectivity index (χ1) is 8.11. The number of carbonyl (C=O) groups is 2. The van der Waals surface area contributed by atoms with Gasteiger partial charge in [-0.3, -0.25) is 9.89 Å². The van der Waals surface area contributed by atoms with E-state index in [0.717, 1.165) is 5.69 Å². The number of ether oxygens (including phenoxy) is 1. The molecule has 7 nitrogen and oxygen atoms in total. The summed E-state index contributed by atoms with van der Waals surface area (Å²) in [5.74, 6) is -0.975. The maximum absolute atomic E-state index is 11.4. The van der Waals surface area contributed by atoms with Crippen LogP contribution >= 0.6 is 0 Å². The van der Waals surface area contributed by atoms with Gasteiger partial charge >= 0.3 is 5.97 Å². The predicted octanol–water partition coefficient (Wildman–Crippen LogP) is -0.320. The Morgan fingerprint density at radius 2 is 2.35 bits per heavy atom. The molecule has 0 radical (unpaired) electrons. The maximum atomic E-state index is 11.4. The third-order valence-electron chi connectivity index (χ3n) is 2.76. The third kappa shape index (κ3) is 2.28. The molecule has 1 aromatic rings. The Morgan fingerprint density at radius 1 is 1.65 bits per heavy atom. The molecule has 2 heterocycles. The Kier molecular flexibility index (Phi) is 3.10. The van der Waals surface area contributed by atoms with Gasteiger partial charge in [0.1, 0.15) is 6.61 Å². The van der Waals surface area contributed by atoms with Crippen molar-refractivity contribution in [3.05, 3.63) is 17.5 Å². The van der Waals surface area contributed by atoms with Crippen LogP contribution in [0.5, 0.6) is 0 Å². The maximum Gasteiger partial charge on any atom is 0.356 e. The SMILES string of the molecule is COCC(=O)N1CC(c2cc(C(=O)O)n[nH]2)C1. The van der Waals surface area contributed by atoms with Crippen LogP contribution in [0, 0.1) is 0 Å². The smallest absolute Gasteiger partial charge is 0.356 e. The van der Waals surface area contributed by atoms with Crippen LogP contribution in [0.4, 0.5) is 0 Å². The molecule has 0 bridgehead atoms. The van der Waals surface area contributed by atoms with Gasteiger partial charge < -0.3 is 14.7 Å². The number of aromatic carboxylic acids is 1. The Labute approximate surface area is 97.4 Å². The van der Waals surface area contributed by atoms with Crippen molar-refractivity contribution in [3.63, 3.8) is 0 Å². The lowest BCUT2D eigenvalue weighted by molar-refractivity contribution is -0.139. The monoisotopic (exact) mass is 239 g/mol. The Morgan fingerprint density at radius 3 is 2.88 bits per heavy atom. The second kappa shape index (κ2) is 4.54. The minimum Gasteiger partial charge on any atom is -0.476 e. The Balaban J connectivity index is 1.90. The minimum atomic E-state index is -1.06. The molecule has 92 valence electrons. The number of methoxy groups -OCH3 is 1. The van der Waals surface area contributed by atoms with Crippen molar-refractivity contribution in [1.82, 2.24) is 15.1 Å². The topological polar surface area (TPSA) is 95.5 Å². The summed E-state index contributed by atoms with van der Waals surface area (Å²) in [6, 6.07) is 1.51. The highest BCUT2D eigenvalue weighted by molar-refractivity contribution is 5.85. The lowest BCUT2D eigenvalue weighted by Crippen LogP contribution is -2.49. The molecule has 0 saturated carbocycles. The number of aromatic amines is 1. The van der Waals surface area contributed by atoms with E-state index < -0.39 is 5.97 Å². The first kappa shape index (κ1) is 11.6. The molecule has 1 amide bonds. The quantitative estimate of drug-likeness (QED) is 0.750. The fraction of sp³-hybridized carbons (Fsp3) is 0.500. The highest BCUT2D eigenvalue weighted by atomic mass is 16.5. The van der Waals surface area contributed by atoms with Crippen LogP contribution in [0.3, 0.4) is 0 Å². The number of nitrogens with one attached hydrogen (secondary N) is 1. The van der Waals surface area contributed by atoms with Crippen LogP contribution in [0.15, 0.2) is 6.07 Å². The summed E-state index contributed by atoms with van der Waals surface area (Å²) >= 11 is 0. The molecular formula is C10H13N3O4. The Bertz CT molecular complexity index is 437. The van der Waals surface area contributed by atoms with Crippen LogP contribution in [0.25, 0.3) is 0 Å². The lowest BCUT2D eigenvalue weighted by Gasteiger charge is -2.38. The first-order valence-corrected chi connectivity index (χ1v) is 5.17. The van der Waals surface area contributed by atoms with E-state index in [1.165, 1.54) is 13.2 Å². The molecule has 0 spiro atoms. The van der Waals surface area contributed by atoms with Crippen LogP contribution in [0.2, 0.25) is 0 Å². The molecule has 2 rings (SSSR count). The Hall–Kier alpha value is -1.89. The van der Waals surface area contributed by atoms with Crippen molar-refractivity contribution in [2.24, 2.45) is 0 Å². The van der Waals surface area contributed by atoms with Gasteiger partial charge in [-0.15, -0.1) is 0 Å². The van der Waals surface area contributed by atoms with Crippen molar-refractivity contribution in [3.8, 4) is 0 Å². The number of carboxylic acid groups (broad SMARTS) is 1. The van der Waals surface area contributed by atoms with E-state index >= 15 is 0 Å². The van der Waals surface area contributed by atoms with Crippen molar-refractivity contribution < 1.29 is 19.4 Å². The molecular weight excluding hydrogens is 226 g/mol. The molecule has 1 fully saturated rings. The largest absolute Gasteiger partial charge is 0.476 e. The lowest BCUT2D eigenvalue weighted by atomic mass is 9.96. The van der Waals surface area contributed by atoms with E-state index in [1.54, 1.807) is 4.90 Å². The summed E-state index contributed by atoms with van der Waals surface area (Å²) in [7, 11) is 1.48. The van der Waals surface area contributed by atoms with Crippen molar-refractivity contribution in [1.29, 1.82) is 0 Å². The van der Waals surface area contributed by atoms with Gasteiger partial charge in [-0.1, -0.05) is 0 Å². The number of hydrogen-bond donors (Lipinski definition) is 2. The number of carbonyl (C=O) groups excluding carboxylic acids is 1. The second-order valence-corrected chi connectivity index (χ2v) is 3.94. The molecule has 1 saturated heterocycles. The normalized spacial score (nSPS) is 15.7. The van der Waals surface area contributed by atoms with Crippen LogP contribution in [-0.4, -0.2) is 58.9 Å². The number of aromatic nitrogens is 2. The van der Waals surface area contributed by atoms with Crippen molar-refractivity contribution >= 4 is 11.9 Å². The van der Waals surface area contributed by atoms with Crippen LogP contribution in [-0.2, 0) is 9.53 Å². The second-order valence-electron chi connectivity index (χ2n) is 3.94. The summed E-state index contributed by atoms with van der Waals surface area (Å²) in [4.78, 5) is 23.7. The number of H-pyrrole nitrogens is 1. The summed E-state index contributed by atoms with van der Waals surface area (Å²) in [6.07, 6.45) is 0. The number of hydrogen-bond acceptors (Lipinski definition) is 4. The van der Waals surface area contributed by atoms with Crippen LogP contribution in [0.1, 0.15) is 22.1 Å². The molecule has 2 N–H and O–H groups in total. The third-order valence-corrected chi connectivity index (χ3v) is 2.76. The van der Waals surface area contributed by atoms with Crippen molar-refractivity contribution in [2.45, 2.75) is 5.92 Å². The van der Waals surface area contributed by atoms with Gasteiger partial charge in [-0.25, -0.2) is 4.79 Å². The number of rotatable bonds is 4. The molecule has 1 aromatic heterocycles. The molecule has 0 aromatic carbocycles. The number of nitrogens with zero attached hydrogens (tertiary/aromatic N) is 2. The van der Waals surface area contributed by atoms with Gasteiger partial charge in [0.25, 0.3) is 0 Å². The summed E-state index contributed by atoms with van der Waals surface area (Å²) < 4.78 is 4.75. The number of amides is 1. The first-order valence-electron chi connectivity index (χ1n) is 5.17. The average Bonchev–Trinajstić information content (AvgIpc) is 2.65. The van der Waals surface area contributed by atoms with Gasteiger partial charge in [0, 0.05) is 31.8 Å². The van der Waals surface area contributed by atoms with E-state index in [-0.39, 0.29) is 24.1 Å². The highest BCUT2D eigenvalue weighted by Crippen LogP contribution is 2.25. The summed E-state index contributed by atoms with van der Waals surface area (Å²) in [6.45, 7) is 1.23. The van der Waals surface area contributed by atoms with Gasteiger partial charge in [0.2, 0.25) is 5.91 Å². The minimum absolute atomic E-state index is 0.00154. The van der Waals surface area contributed by atoms with E-state index in [9.17, 15) is 9.59 Å². The zero-order valence-electron chi connectivity index (χ0n) is 9.34. The van der Waals surface area contributed by atoms with Crippen molar-refractivity contribution in [2.75, 3.05) is 26.8 Å². The molecule has 0 aliphatic carbocycles. The fourth-order valence-corrected chi connectivity index (χ4v) is 1.75. The average molecular weight is 239 g/mol. The van der Waals surface area contributed by atoms with Gasteiger partial charge in [0.15, 0.2) is 5.69 Å². The van der Waals surface area contributed by atoms with E-state index in [2.05, 4.69) is 10.2 Å². The molecule has 0 unspecified atom stereocenters. The van der Waals surface area contributed by atoms with E-state index in [4.69, 9.17) is 9.84 Å². The fourth-order valence-electron chi connectivity index (χ4n) is 1.75. The molecule has 1 aliphatic rings. The summed E-state index contributed by atoms with van der Waals surface area (Å²) in [5.41, 5.74) is 0.755. The summed E-state index contributed by atoms with van der Waals surface area (Å²) in [5, 5.41) is 15.1. The highest BCUT2D eigenvalue weighted by Gasteiger charge is 2.32. The van der Waals surface area contributed by atoms with Crippen LogP contribution < -0.4 is 0 Å². The zero-order chi connectivity index (χ0) is 12.4. The molecule has 17 heavy (non-hydrogen) atoms. The van der Waals surface area contributed by atoms with Gasteiger partial charge in [-0.05, 0) is 6.07 Å². The van der Waals surface area contributed by atoms with Gasteiger partial charge in [-0.2, -0.15) is 5.10 Å². The molecule has 7 heteroatoms.